The number of hydrogen-bond donors (Lipinski definition) is 0. The van der Waals surface area contributed by atoms with Crippen LogP contribution in [0.3, 0.4) is 0 Å². The van der Waals surface area contributed by atoms with Crippen LogP contribution in [-0.2, 0) is 14.4 Å². The number of carbonyl (C=O) groups is 3. The van der Waals surface area contributed by atoms with Crippen LogP contribution >= 0.6 is 11.6 Å². The van der Waals surface area contributed by atoms with Crippen molar-refractivity contribution in [2.45, 2.75) is 26.7 Å². The molecule has 5 heteroatoms. The van der Waals surface area contributed by atoms with Gasteiger partial charge in [0.25, 0.3) is 0 Å². The SMILES string of the molecule is CCCC12C(=O)C(C)(C(c3ccccc3)=C1c1ccccc1)C1C(=O)N(c3cccc(Cl)c3)C(=O)C12. The van der Waals surface area contributed by atoms with Crippen LogP contribution in [0.1, 0.15) is 37.8 Å². The van der Waals surface area contributed by atoms with E-state index in [2.05, 4.69) is 0 Å². The molecule has 1 aliphatic heterocycles. The second kappa shape index (κ2) is 8.01. The number of ketones is 1. The highest BCUT2D eigenvalue weighted by molar-refractivity contribution is 6.35. The summed E-state index contributed by atoms with van der Waals surface area (Å²) in [6.07, 6.45) is 1.22. The minimum atomic E-state index is -1.12. The second-order valence-corrected chi connectivity index (χ2v) is 10.6. The maximum absolute atomic E-state index is 14.6. The van der Waals surface area contributed by atoms with Crippen LogP contribution in [-0.4, -0.2) is 17.6 Å². The normalized spacial score (nSPS) is 28.9. The van der Waals surface area contributed by atoms with E-state index in [1.165, 1.54) is 4.90 Å². The molecule has 3 aromatic rings. The third kappa shape index (κ3) is 2.74. The highest BCUT2D eigenvalue weighted by atomic mass is 35.5. The van der Waals surface area contributed by atoms with Gasteiger partial charge in [-0.1, -0.05) is 91.7 Å². The van der Waals surface area contributed by atoms with Crippen LogP contribution in [0.25, 0.3) is 11.1 Å². The van der Waals surface area contributed by atoms with Crippen molar-refractivity contribution in [1.29, 1.82) is 0 Å². The molecule has 4 nitrogen and oxygen atoms in total. The number of imide groups is 1. The number of benzene rings is 3. The number of halogens is 1. The maximum atomic E-state index is 14.6. The van der Waals surface area contributed by atoms with Gasteiger partial charge in [-0.3, -0.25) is 14.4 Å². The van der Waals surface area contributed by atoms with Crippen LogP contribution in [0.5, 0.6) is 0 Å². The summed E-state index contributed by atoms with van der Waals surface area (Å²) in [6, 6.07) is 26.6. The van der Waals surface area contributed by atoms with Crippen LogP contribution in [0.15, 0.2) is 84.9 Å². The Labute approximate surface area is 215 Å². The summed E-state index contributed by atoms with van der Waals surface area (Å²) >= 11 is 6.23. The highest BCUT2D eigenvalue weighted by Gasteiger charge is 2.80. The summed E-state index contributed by atoms with van der Waals surface area (Å²) in [5.74, 6) is -2.13. The average Bonchev–Trinajstić information content (AvgIpc) is 3.35. The van der Waals surface area contributed by atoms with Gasteiger partial charge in [0.2, 0.25) is 11.8 Å². The lowest BCUT2D eigenvalue weighted by Crippen LogP contribution is -2.41. The van der Waals surface area contributed by atoms with Gasteiger partial charge < -0.3 is 0 Å². The van der Waals surface area contributed by atoms with Gasteiger partial charge in [-0.05, 0) is 53.8 Å². The van der Waals surface area contributed by atoms with Crippen LogP contribution in [0, 0.1) is 22.7 Å². The van der Waals surface area contributed by atoms with Gasteiger partial charge in [-0.15, -0.1) is 0 Å². The number of fused-ring (bicyclic) bond motifs is 5. The number of allylic oxidation sites excluding steroid dienone is 2. The van der Waals surface area contributed by atoms with E-state index in [4.69, 9.17) is 11.6 Å². The van der Waals surface area contributed by atoms with E-state index in [1.807, 2.05) is 74.5 Å². The van der Waals surface area contributed by atoms with Gasteiger partial charge in [-0.2, -0.15) is 0 Å². The Kier molecular flexibility index (Phi) is 5.10. The molecule has 2 amide bonds. The first-order valence-electron chi connectivity index (χ1n) is 12.4. The number of carbonyl (C=O) groups excluding carboxylic acids is 3. The predicted octanol–water partition coefficient (Wildman–Crippen LogP) is 6.45. The smallest absolute Gasteiger partial charge is 0.239 e. The fraction of sp³-hybridized carbons (Fsp3) is 0.258. The van der Waals surface area contributed by atoms with Crippen molar-refractivity contribution >= 4 is 46.0 Å². The number of Topliss-reactive ketones (excluding diaryl/α,β-unsaturated/α-hetero) is 1. The number of anilines is 1. The standard InChI is InChI=1S/C31H26ClNO3/c1-3-17-31-24(20-13-8-5-9-14-20)23(19-11-6-4-7-12-19)30(2,29(31)36)25-26(31)28(35)33(27(25)34)22-16-10-15-21(32)18-22/h4-16,18,25-26H,3,17H2,1-2H3. The maximum Gasteiger partial charge on any atom is 0.239 e. The van der Waals surface area contributed by atoms with Crippen LogP contribution in [0.4, 0.5) is 5.69 Å². The van der Waals surface area contributed by atoms with Gasteiger partial charge in [0.05, 0.1) is 28.4 Å². The fourth-order valence-corrected chi connectivity index (χ4v) is 7.41. The van der Waals surface area contributed by atoms with Crippen molar-refractivity contribution in [2.75, 3.05) is 4.90 Å². The summed E-state index contributed by atoms with van der Waals surface area (Å²) in [5, 5.41) is 0.451. The molecule has 0 spiro atoms. The average molecular weight is 496 g/mol. The fourth-order valence-electron chi connectivity index (χ4n) is 7.23. The van der Waals surface area contributed by atoms with Crippen molar-refractivity contribution in [3.8, 4) is 0 Å². The minimum Gasteiger partial charge on any atom is -0.298 e. The molecule has 180 valence electrons. The lowest BCUT2D eigenvalue weighted by atomic mass is 9.61. The Morgan fingerprint density at radius 1 is 0.778 bits per heavy atom. The Bertz CT molecular complexity index is 1450. The molecular weight excluding hydrogens is 470 g/mol. The summed E-state index contributed by atoms with van der Waals surface area (Å²) < 4.78 is 0. The monoisotopic (exact) mass is 495 g/mol. The molecule has 2 aliphatic carbocycles. The first-order valence-corrected chi connectivity index (χ1v) is 12.8. The Morgan fingerprint density at radius 2 is 1.36 bits per heavy atom. The van der Waals surface area contributed by atoms with E-state index in [0.717, 1.165) is 22.3 Å². The summed E-state index contributed by atoms with van der Waals surface area (Å²) in [4.78, 5) is 44.1. The number of rotatable bonds is 5. The molecule has 2 fully saturated rings. The predicted molar refractivity (Wildman–Crippen MR) is 141 cm³/mol. The lowest BCUT2D eigenvalue weighted by Gasteiger charge is -2.37. The molecule has 6 rings (SSSR count). The van der Waals surface area contributed by atoms with Gasteiger partial charge in [-0.25, -0.2) is 4.90 Å². The molecule has 2 bridgehead atoms. The van der Waals surface area contributed by atoms with E-state index in [0.29, 0.717) is 23.6 Å². The van der Waals surface area contributed by atoms with E-state index in [9.17, 15) is 14.4 Å². The van der Waals surface area contributed by atoms with Crippen molar-refractivity contribution < 1.29 is 14.4 Å². The minimum absolute atomic E-state index is 0.00278. The van der Waals surface area contributed by atoms with Crippen molar-refractivity contribution in [3.05, 3.63) is 101 Å². The second-order valence-electron chi connectivity index (χ2n) is 10.2. The third-order valence-electron chi connectivity index (χ3n) is 8.39. The summed E-state index contributed by atoms with van der Waals surface area (Å²) in [6.45, 7) is 3.92. The Hall–Kier alpha value is -3.50. The molecule has 0 N–H and O–H groups in total. The van der Waals surface area contributed by atoms with E-state index < -0.39 is 22.7 Å². The van der Waals surface area contributed by atoms with Crippen molar-refractivity contribution in [1.82, 2.24) is 0 Å². The quantitative estimate of drug-likeness (QED) is 0.382. The molecule has 1 saturated heterocycles. The van der Waals surface area contributed by atoms with Gasteiger partial charge >= 0.3 is 0 Å². The molecule has 3 aromatic carbocycles. The number of nitrogens with zero attached hydrogens (tertiary/aromatic N) is 1. The molecule has 3 aliphatic rings. The van der Waals surface area contributed by atoms with Crippen LogP contribution in [0.2, 0.25) is 5.02 Å². The van der Waals surface area contributed by atoms with Crippen LogP contribution < -0.4 is 4.90 Å². The molecule has 4 unspecified atom stereocenters. The Morgan fingerprint density at radius 3 is 1.94 bits per heavy atom. The third-order valence-corrected chi connectivity index (χ3v) is 8.62. The molecule has 0 aromatic heterocycles. The van der Waals surface area contributed by atoms with Gasteiger partial charge in [0.1, 0.15) is 0 Å². The Balaban J connectivity index is 1.66. The van der Waals surface area contributed by atoms with Crippen molar-refractivity contribution in [2.24, 2.45) is 22.7 Å². The topological polar surface area (TPSA) is 54.5 Å². The first-order chi connectivity index (χ1) is 17.4. The van der Waals surface area contributed by atoms with E-state index in [1.54, 1.807) is 24.3 Å². The number of amides is 2. The van der Waals surface area contributed by atoms with E-state index in [-0.39, 0.29) is 17.6 Å². The largest absolute Gasteiger partial charge is 0.298 e. The first kappa shape index (κ1) is 22.9. The zero-order chi connectivity index (χ0) is 25.2. The summed E-state index contributed by atoms with van der Waals surface area (Å²) in [5.41, 5.74) is 1.90. The van der Waals surface area contributed by atoms with Gasteiger partial charge in [0.15, 0.2) is 5.78 Å². The highest BCUT2D eigenvalue weighted by Crippen LogP contribution is 2.74. The molecule has 1 heterocycles. The molecule has 36 heavy (non-hydrogen) atoms. The van der Waals surface area contributed by atoms with E-state index >= 15 is 0 Å². The molecule has 0 radical (unpaired) electrons. The number of hydrogen-bond acceptors (Lipinski definition) is 3. The zero-order valence-corrected chi connectivity index (χ0v) is 21.0. The zero-order valence-electron chi connectivity index (χ0n) is 20.2. The molecule has 4 atom stereocenters. The molecule has 1 saturated carbocycles. The summed E-state index contributed by atoms with van der Waals surface area (Å²) in [7, 11) is 0. The van der Waals surface area contributed by atoms with Gasteiger partial charge in [0, 0.05) is 5.02 Å². The lowest BCUT2D eigenvalue weighted by molar-refractivity contribution is -0.134. The van der Waals surface area contributed by atoms with Crippen molar-refractivity contribution in [3.63, 3.8) is 0 Å². The molecular formula is C31H26ClNO3.